The lowest BCUT2D eigenvalue weighted by Crippen LogP contribution is -2.19. The SMILES string of the molecule is Cc1ncsc1CNC(C)c1ccc(F)cc1F. The van der Waals surface area contributed by atoms with Crippen molar-refractivity contribution in [1.82, 2.24) is 10.3 Å². The van der Waals surface area contributed by atoms with Gasteiger partial charge in [-0.05, 0) is 19.9 Å². The van der Waals surface area contributed by atoms with Gasteiger partial charge in [0.25, 0.3) is 0 Å². The predicted molar refractivity (Wildman–Crippen MR) is 68.5 cm³/mol. The smallest absolute Gasteiger partial charge is 0.130 e. The molecule has 0 amide bonds. The minimum absolute atomic E-state index is 0.174. The first-order valence-corrected chi connectivity index (χ1v) is 6.53. The minimum atomic E-state index is -0.554. The van der Waals surface area contributed by atoms with Gasteiger partial charge in [-0.15, -0.1) is 11.3 Å². The highest BCUT2D eigenvalue weighted by molar-refractivity contribution is 7.09. The van der Waals surface area contributed by atoms with Crippen LogP contribution >= 0.6 is 11.3 Å². The van der Waals surface area contributed by atoms with Crippen molar-refractivity contribution in [3.8, 4) is 0 Å². The zero-order chi connectivity index (χ0) is 13.1. The highest BCUT2D eigenvalue weighted by Crippen LogP contribution is 2.19. The van der Waals surface area contributed by atoms with Crippen LogP contribution in [-0.4, -0.2) is 4.98 Å². The van der Waals surface area contributed by atoms with Crippen LogP contribution in [0.5, 0.6) is 0 Å². The van der Waals surface area contributed by atoms with Crippen LogP contribution in [0.15, 0.2) is 23.7 Å². The number of nitrogens with zero attached hydrogens (tertiary/aromatic N) is 1. The Balaban J connectivity index is 2.03. The summed E-state index contributed by atoms with van der Waals surface area (Å²) in [6, 6.07) is 3.48. The van der Waals surface area contributed by atoms with Crippen molar-refractivity contribution in [2.45, 2.75) is 26.4 Å². The lowest BCUT2D eigenvalue weighted by Gasteiger charge is -2.14. The summed E-state index contributed by atoms with van der Waals surface area (Å²) in [6.07, 6.45) is 0. The van der Waals surface area contributed by atoms with Gasteiger partial charge in [0.15, 0.2) is 0 Å². The van der Waals surface area contributed by atoms with Crippen LogP contribution in [0.3, 0.4) is 0 Å². The molecule has 2 aromatic rings. The molecular formula is C13H14F2N2S. The van der Waals surface area contributed by atoms with Crippen LogP contribution in [0.4, 0.5) is 8.78 Å². The van der Waals surface area contributed by atoms with Crippen LogP contribution in [0.1, 0.15) is 29.1 Å². The molecule has 1 aromatic heterocycles. The predicted octanol–water partition coefficient (Wildman–Crippen LogP) is 3.58. The number of aryl methyl sites for hydroxylation is 1. The van der Waals surface area contributed by atoms with Gasteiger partial charge in [-0.1, -0.05) is 6.07 Å². The number of hydrogen-bond acceptors (Lipinski definition) is 3. The fourth-order valence-electron chi connectivity index (χ4n) is 1.70. The van der Waals surface area contributed by atoms with Crippen LogP contribution < -0.4 is 5.32 Å². The number of hydrogen-bond donors (Lipinski definition) is 1. The van der Waals surface area contributed by atoms with Crippen molar-refractivity contribution in [2.75, 3.05) is 0 Å². The zero-order valence-electron chi connectivity index (χ0n) is 10.2. The Morgan fingerprint density at radius 2 is 2.17 bits per heavy atom. The van der Waals surface area contributed by atoms with Gasteiger partial charge < -0.3 is 5.32 Å². The monoisotopic (exact) mass is 268 g/mol. The first-order chi connectivity index (χ1) is 8.58. The molecule has 0 aliphatic carbocycles. The Morgan fingerprint density at radius 1 is 1.39 bits per heavy atom. The summed E-state index contributed by atoms with van der Waals surface area (Å²) in [7, 11) is 0. The maximum absolute atomic E-state index is 13.6. The Hall–Kier alpha value is -1.33. The Morgan fingerprint density at radius 3 is 2.78 bits per heavy atom. The molecule has 0 bridgehead atoms. The normalized spacial score (nSPS) is 12.7. The Labute approximate surface area is 109 Å². The van der Waals surface area contributed by atoms with Crippen molar-refractivity contribution < 1.29 is 8.78 Å². The van der Waals surface area contributed by atoms with E-state index in [4.69, 9.17) is 0 Å². The third-order valence-electron chi connectivity index (χ3n) is 2.84. The Kier molecular flexibility index (Phi) is 4.04. The molecule has 0 spiro atoms. The molecule has 0 aliphatic rings. The van der Waals surface area contributed by atoms with Gasteiger partial charge in [0.1, 0.15) is 11.6 Å². The van der Waals surface area contributed by atoms with Gasteiger partial charge in [-0.3, -0.25) is 0 Å². The third kappa shape index (κ3) is 2.91. The van der Waals surface area contributed by atoms with Crippen molar-refractivity contribution in [1.29, 1.82) is 0 Å². The number of rotatable bonds is 4. The second-order valence-corrected chi connectivity index (χ2v) is 5.07. The summed E-state index contributed by atoms with van der Waals surface area (Å²) in [6.45, 7) is 4.43. The van der Waals surface area contributed by atoms with Gasteiger partial charge in [-0.25, -0.2) is 13.8 Å². The molecule has 0 radical (unpaired) electrons. The molecule has 1 unspecified atom stereocenters. The first-order valence-electron chi connectivity index (χ1n) is 5.65. The molecule has 1 atom stereocenters. The summed E-state index contributed by atoms with van der Waals surface area (Å²) in [5.41, 5.74) is 3.24. The molecule has 5 heteroatoms. The van der Waals surface area contributed by atoms with Gasteiger partial charge in [0.05, 0.1) is 11.2 Å². The molecule has 0 fully saturated rings. The highest BCUT2D eigenvalue weighted by atomic mass is 32.1. The van der Waals surface area contributed by atoms with E-state index in [-0.39, 0.29) is 6.04 Å². The first kappa shape index (κ1) is 13.1. The minimum Gasteiger partial charge on any atom is -0.305 e. The molecule has 0 saturated heterocycles. The number of nitrogens with one attached hydrogen (secondary N) is 1. The number of aromatic nitrogens is 1. The summed E-state index contributed by atoms with van der Waals surface area (Å²) >= 11 is 1.57. The zero-order valence-corrected chi connectivity index (χ0v) is 11.0. The molecule has 2 rings (SSSR count). The van der Waals surface area contributed by atoms with E-state index in [1.54, 1.807) is 16.8 Å². The average Bonchev–Trinajstić information content (AvgIpc) is 2.72. The molecule has 1 heterocycles. The number of thiazole rings is 1. The van der Waals surface area contributed by atoms with Gasteiger partial charge in [0, 0.05) is 29.1 Å². The van der Waals surface area contributed by atoms with E-state index >= 15 is 0 Å². The van der Waals surface area contributed by atoms with Gasteiger partial charge >= 0.3 is 0 Å². The van der Waals surface area contributed by atoms with Crippen molar-refractivity contribution in [2.24, 2.45) is 0 Å². The van der Waals surface area contributed by atoms with Crippen molar-refractivity contribution in [3.05, 3.63) is 51.5 Å². The van der Waals surface area contributed by atoms with Gasteiger partial charge in [-0.2, -0.15) is 0 Å². The van der Waals surface area contributed by atoms with Crippen LogP contribution in [-0.2, 0) is 6.54 Å². The molecule has 1 aromatic carbocycles. The van der Waals surface area contributed by atoms with Crippen molar-refractivity contribution in [3.63, 3.8) is 0 Å². The largest absolute Gasteiger partial charge is 0.305 e. The quantitative estimate of drug-likeness (QED) is 0.916. The van der Waals surface area contributed by atoms with E-state index in [9.17, 15) is 8.78 Å². The Bertz CT molecular complexity index is 540. The topological polar surface area (TPSA) is 24.9 Å². The van der Waals surface area contributed by atoms with E-state index < -0.39 is 11.6 Å². The summed E-state index contributed by atoms with van der Waals surface area (Å²) in [4.78, 5) is 5.28. The highest BCUT2D eigenvalue weighted by Gasteiger charge is 2.12. The maximum atomic E-state index is 13.6. The van der Waals surface area contributed by atoms with Crippen LogP contribution in [0, 0.1) is 18.6 Å². The molecule has 2 nitrogen and oxygen atoms in total. The molecule has 0 saturated carbocycles. The second kappa shape index (κ2) is 5.54. The van der Waals surface area contributed by atoms with E-state index in [2.05, 4.69) is 10.3 Å². The lowest BCUT2D eigenvalue weighted by atomic mass is 10.1. The standard InChI is InChI=1S/C13H14F2N2S/c1-8(11-4-3-10(14)5-12(11)15)16-6-13-9(2)17-7-18-13/h3-5,7-8,16H,6H2,1-2H3. The fraction of sp³-hybridized carbons (Fsp3) is 0.308. The van der Waals surface area contributed by atoms with E-state index in [1.165, 1.54) is 12.1 Å². The van der Waals surface area contributed by atoms with E-state index in [0.29, 0.717) is 12.1 Å². The maximum Gasteiger partial charge on any atom is 0.130 e. The average molecular weight is 268 g/mol. The second-order valence-electron chi connectivity index (χ2n) is 4.13. The lowest BCUT2D eigenvalue weighted by molar-refractivity contribution is 0.519. The third-order valence-corrected chi connectivity index (χ3v) is 3.78. The summed E-state index contributed by atoms with van der Waals surface area (Å²) in [5, 5.41) is 3.21. The van der Waals surface area contributed by atoms with Crippen LogP contribution in [0.2, 0.25) is 0 Å². The van der Waals surface area contributed by atoms with Gasteiger partial charge in [0.2, 0.25) is 0 Å². The number of halogens is 2. The van der Waals surface area contributed by atoms with E-state index in [0.717, 1.165) is 16.6 Å². The van der Waals surface area contributed by atoms with E-state index in [1.807, 2.05) is 13.8 Å². The summed E-state index contributed by atoms with van der Waals surface area (Å²) < 4.78 is 26.4. The number of benzene rings is 1. The van der Waals surface area contributed by atoms with Crippen LogP contribution in [0.25, 0.3) is 0 Å². The molecule has 0 aliphatic heterocycles. The molecule has 96 valence electrons. The molecular weight excluding hydrogens is 254 g/mol. The van der Waals surface area contributed by atoms with Crippen molar-refractivity contribution >= 4 is 11.3 Å². The summed E-state index contributed by atoms with van der Waals surface area (Å²) in [5.74, 6) is -1.07. The molecule has 1 N–H and O–H groups in total. The molecule has 18 heavy (non-hydrogen) atoms. The fourth-order valence-corrected chi connectivity index (χ4v) is 2.43.